The minimum absolute atomic E-state index is 0.0390. The van der Waals surface area contributed by atoms with Gasteiger partial charge in [-0.1, -0.05) is 13.8 Å². The second-order valence-electron chi connectivity index (χ2n) is 4.63. The summed E-state index contributed by atoms with van der Waals surface area (Å²) in [5, 5.41) is 6.58. The van der Waals surface area contributed by atoms with E-state index in [0.717, 1.165) is 6.42 Å². The number of carbonyl (C=O) groups is 2. The van der Waals surface area contributed by atoms with Crippen LogP contribution in [0.1, 0.15) is 33.1 Å². The Balaban J connectivity index is 2.50. The Morgan fingerprint density at radius 1 is 1.53 bits per heavy atom. The van der Waals surface area contributed by atoms with Crippen molar-refractivity contribution < 1.29 is 9.59 Å². The van der Waals surface area contributed by atoms with Crippen LogP contribution < -0.4 is 16.5 Å². The van der Waals surface area contributed by atoms with Crippen molar-refractivity contribution in [3.8, 4) is 0 Å². The number of nitrogens with zero attached hydrogens (tertiary/aromatic N) is 1. The number of hydrogen-bond donors (Lipinski definition) is 3. The first-order valence-corrected chi connectivity index (χ1v) is 5.89. The minimum Gasteiger partial charge on any atom is -0.347 e. The van der Waals surface area contributed by atoms with Gasteiger partial charge < -0.3 is 11.1 Å². The lowest BCUT2D eigenvalue weighted by atomic mass is 10.0. The van der Waals surface area contributed by atoms with E-state index in [-0.39, 0.29) is 17.9 Å². The highest BCUT2D eigenvalue weighted by molar-refractivity contribution is 6.39. The Hall–Kier alpha value is -1.43. The molecule has 0 saturated heterocycles. The molecule has 1 atom stereocenters. The SMILES string of the molecule is CC(C)CC(CN)NC(=O)C1=NNC(=O)CC1. The zero-order valence-electron chi connectivity index (χ0n) is 10.3. The van der Waals surface area contributed by atoms with Crippen molar-refractivity contribution in [3.05, 3.63) is 0 Å². The predicted octanol–water partition coefficient (Wildman–Crippen LogP) is -0.258. The van der Waals surface area contributed by atoms with Gasteiger partial charge in [-0.05, 0) is 12.3 Å². The van der Waals surface area contributed by atoms with E-state index in [4.69, 9.17) is 5.73 Å². The van der Waals surface area contributed by atoms with Crippen molar-refractivity contribution in [2.24, 2.45) is 16.8 Å². The van der Waals surface area contributed by atoms with E-state index >= 15 is 0 Å². The van der Waals surface area contributed by atoms with E-state index in [1.165, 1.54) is 0 Å². The molecular formula is C11H20N4O2. The molecule has 1 heterocycles. The molecule has 0 saturated carbocycles. The quantitative estimate of drug-likeness (QED) is 0.617. The topological polar surface area (TPSA) is 96.6 Å². The first-order valence-electron chi connectivity index (χ1n) is 5.89. The Morgan fingerprint density at radius 3 is 2.71 bits per heavy atom. The zero-order chi connectivity index (χ0) is 12.8. The standard InChI is InChI=1S/C11H20N4O2/c1-7(2)5-8(6-12)13-11(17)9-3-4-10(16)15-14-9/h7-8H,3-6,12H2,1-2H3,(H,13,17)(H,15,16). The van der Waals surface area contributed by atoms with Crippen molar-refractivity contribution in [3.63, 3.8) is 0 Å². The number of nitrogens with two attached hydrogens (primary N) is 1. The number of amides is 2. The van der Waals surface area contributed by atoms with E-state index < -0.39 is 0 Å². The Labute approximate surface area is 101 Å². The molecule has 0 bridgehead atoms. The van der Waals surface area contributed by atoms with Crippen LogP contribution in [0, 0.1) is 5.92 Å². The molecule has 1 unspecified atom stereocenters. The van der Waals surface area contributed by atoms with Crippen LogP contribution in [0.5, 0.6) is 0 Å². The highest BCUT2D eigenvalue weighted by atomic mass is 16.2. The molecule has 17 heavy (non-hydrogen) atoms. The molecule has 0 spiro atoms. The molecule has 6 heteroatoms. The number of rotatable bonds is 5. The summed E-state index contributed by atoms with van der Waals surface area (Å²) in [6.07, 6.45) is 1.53. The van der Waals surface area contributed by atoms with Gasteiger partial charge in [0.2, 0.25) is 5.91 Å². The maximum atomic E-state index is 11.8. The Kier molecular flexibility index (Phi) is 5.09. The fourth-order valence-electron chi connectivity index (χ4n) is 1.69. The van der Waals surface area contributed by atoms with Gasteiger partial charge in [0.15, 0.2) is 0 Å². The lowest BCUT2D eigenvalue weighted by Crippen LogP contribution is -2.45. The fraction of sp³-hybridized carbons (Fsp3) is 0.727. The van der Waals surface area contributed by atoms with Crippen LogP contribution in [0.15, 0.2) is 5.10 Å². The second kappa shape index (κ2) is 6.34. The number of hydrazone groups is 1. The van der Waals surface area contributed by atoms with Crippen LogP contribution in [0.2, 0.25) is 0 Å². The van der Waals surface area contributed by atoms with Gasteiger partial charge in [-0.3, -0.25) is 9.59 Å². The Morgan fingerprint density at radius 2 is 2.24 bits per heavy atom. The third-order valence-electron chi connectivity index (χ3n) is 2.54. The smallest absolute Gasteiger partial charge is 0.267 e. The molecule has 2 amide bonds. The van der Waals surface area contributed by atoms with Crippen molar-refractivity contribution in [1.82, 2.24) is 10.7 Å². The molecule has 0 aromatic heterocycles. The van der Waals surface area contributed by atoms with Crippen LogP contribution in [0.3, 0.4) is 0 Å². The van der Waals surface area contributed by atoms with Crippen molar-refractivity contribution in [2.75, 3.05) is 6.54 Å². The molecular weight excluding hydrogens is 220 g/mol. The van der Waals surface area contributed by atoms with Crippen molar-refractivity contribution >= 4 is 17.5 Å². The van der Waals surface area contributed by atoms with E-state index in [1.807, 2.05) is 0 Å². The van der Waals surface area contributed by atoms with Gasteiger partial charge in [0, 0.05) is 25.4 Å². The molecule has 1 aliphatic heterocycles. The Bertz CT molecular complexity index is 325. The third kappa shape index (κ3) is 4.52. The number of carbonyl (C=O) groups excluding carboxylic acids is 2. The second-order valence-corrected chi connectivity index (χ2v) is 4.63. The number of hydrogen-bond acceptors (Lipinski definition) is 4. The summed E-state index contributed by atoms with van der Waals surface area (Å²) in [6.45, 7) is 4.56. The molecule has 4 N–H and O–H groups in total. The van der Waals surface area contributed by atoms with Gasteiger partial charge in [-0.15, -0.1) is 0 Å². The van der Waals surface area contributed by atoms with Gasteiger partial charge >= 0.3 is 0 Å². The van der Waals surface area contributed by atoms with E-state index in [9.17, 15) is 9.59 Å². The van der Waals surface area contributed by atoms with Crippen LogP contribution >= 0.6 is 0 Å². The molecule has 0 radical (unpaired) electrons. The zero-order valence-corrected chi connectivity index (χ0v) is 10.3. The molecule has 0 aromatic rings. The molecule has 6 nitrogen and oxygen atoms in total. The van der Waals surface area contributed by atoms with Gasteiger partial charge in [0.25, 0.3) is 5.91 Å². The summed E-state index contributed by atoms with van der Waals surface area (Å²) in [5.41, 5.74) is 8.27. The van der Waals surface area contributed by atoms with Crippen LogP contribution in [0.25, 0.3) is 0 Å². The average molecular weight is 240 g/mol. The lowest BCUT2D eigenvalue weighted by Gasteiger charge is -2.20. The minimum atomic E-state index is -0.235. The summed E-state index contributed by atoms with van der Waals surface area (Å²) in [7, 11) is 0. The molecule has 0 fully saturated rings. The van der Waals surface area contributed by atoms with Crippen molar-refractivity contribution in [1.29, 1.82) is 0 Å². The van der Waals surface area contributed by atoms with Crippen LogP contribution in [0.4, 0.5) is 0 Å². The fourth-order valence-corrected chi connectivity index (χ4v) is 1.69. The average Bonchev–Trinajstić information content (AvgIpc) is 2.28. The van der Waals surface area contributed by atoms with Crippen LogP contribution in [-0.2, 0) is 9.59 Å². The largest absolute Gasteiger partial charge is 0.347 e. The summed E-state index contributed by atoms with van der Waals surface area (Å²) in [5.74, 6) is 0.0806. The maximum Gasteiger partial charge on any atom is 0.267 e. The summed E-state index contributed by atoms with van der Waals surface area (Å²) in [6, 6.07) is -0.0390. The number of nitrogens with one attached hydrogen (secondary N) is 2. The molecule has 0 aromatic carbocycles. The first kappa shape index (κ1) is 13.6. The highest BCUT2D eigenvalue weighted by Gasteiger charge is 2.20. The predicted molar refractivity (Wildman–Crippen MR) is 65.3 cm³/mol. The third-order valence-corrected chi connectivity index (χ3v) is 2.54. The molecule has 1 aliphatic rings. The van der Waals surface area contributed by atoms with E-state index in [0.29, 0.717) is 31.0 Å². The van der Waals surface area contributed by atoms with Crippen molar-refractivity contribution in [2.45, 2.75) is 39.2 Å². The maximum absolute atomic E-state index is 11.8. The van der Waals surface area contributed by atoms with E-state index in [1.54, 1.807) is 0 Å². The molecule has 1 rings (SSSR count). The first-order chi connectivity index (χ1) is 8.02. The van der Waals surface area contributed by atoms with Gasteiger partial charge in [0.05, 0.1) is 0 Å². The normalized spacial score (nSPS) is 17.4. The lowest BCUT2D eigenvalue weighted by molar-refractivity contribution is -0.121. The summed E-state index contributed by atoms with van der Waals surface area (Å²) < 4.78 is 0. The van der Waals surface area contributed by atoms with Gasteiger partial charge in [0.1, 0.15) is 5.71 Å². The summed E-state index contributed by atoms with van der Waals surface area (Å²) in [4.78, 5) is 22.7. The van der Waals surface area contributed by atoms with Gasteiger partial charge in [-0.25, -0.2) is 5.43 Å². The molecule has 0 aliphatic carbocycles. The van der Waals surface area contributed by atoms with E-state index in [2.05, 4.69) is 29.7 Å². The summed E-state index contributed by atoms with van der Waals surface area (Å²) >= 11 is 0. The van der Waals surface area contributed by atoms with Gasteiger partial charge in [-0.2, -0.15) is 5.10 Å². The van der Waals surface area contributed by atoms with Crippen LogP contribution in [-0.4, -0.2) is 30.1 Å². The monoisotopic (exact) mass is 240 g/mol. The highest BCUT2D eigenvalue weighted by Crippen LogP contribution is 2.05. The molecule has 96 valence electrons.